The summed E-state index contributed by atoms with van der Waals surface area (Å²) in [5, 5.41) is 11.1. The van der Waals surface area contributed by atoms with Crippen LogP contribution in [0.2, 0.25) is 5.02 Å². The number of halogens is 1. The molecule has 0 atom stereocenters. The normalized spacial score (nSPS) is 10.7. The maximum absolute atomic E-state index is 12.5. The molecular formula is C21H23ClN4O. The Labute approximate surface area is 164 Å². The Morgan fingerprint density at radius 3 is 2.52 bits per heavy atom. The van der Waals surface area contributed by atoms with Crippen LogP contribution in [0.25, 0.3) is 0 Å². The summed E-state index contributed by atoms with van der Waals surface area (Å²) in [6, 6.07) is 13.2. The van der Waals surface area contributed by atoms with Crippen LogP contribution < -0.4 is 10.6 Å². The summed E-state index contributed by atoms with van der Waals surface area (Å²) in [5.74, 6) is 0. The van der Waals surface area contributed by atoms with Gasteiger partial charge in [0.15, 0.2) is 0 Å². The maximum atomic E-state index is 12.5. The van der Waals surface area contributed by atoms with Crippen LogP contribution in [0.3, 0.4) is 0 Å². The molecule has 2 amide bonds. The molecule has 6 heteroatoms. The van der Waals surface area contributed by atoms with Crippen molar-refractivity contribution in [2.75, 3.05) is 10.6 Å². The van der Waals surface area contributed by atoms with Crippen molar-refractivity contribution in [3.8, 4) is 0 Å². The number of hydrogen-bond donors (Lipinski definition) is 2. The lowest BCUT2D eigenvalue weighted by Gasteiger charge is -2.12. The van der Waals surface area contributed by atoms with Crippen molar-refractivity contribution in [3.05, 3.63) is 75.6 Å². The molecule has 3 rings (SSSR count). The Hall–Kier alpha value is -2.79. The number of nitrogens with zero attached hydrogens (tertiary/aromatic N) is 2. The molecule has 0 radical (unpaired) electrons. The molecule has 0 aliphatic rings. The zero-order valence-corrected chi connectivity index (χ0v) is 16.7. The SMILES string of the molecule is Cc1cccc(NC(=O)Nc2c(C)nn(Cc3ccccc3Cl)c2C)c1C. The van der Waals surface area contributed by atoms with Gasteiger partial charge in [-0.25, -0.2) is 4.79 Å². The summed E-state index contributed by atoms with van der Waals surface area (Å²) in [6.07, 6.45) is 0. The zero-order chi connectivity index (χ0) is 19.6. The van der Waals surface area contributed by atoms with E-state index in [4.69, 9.17) is 11.6 Å². The van der Waals surface area contributed by atoms with E-state index in [0.29, 0.717) is 17.3 Å². The first-order valence-electron chi connectivity index (χ1n) is 8.78. The maximum Gasteiger partial charge on any atom is 0.323 e. The second-order valence-corrected chi connectivity index (χ2v) is 7.03. The first-order chi connectivity index (χ1) is 12.9. The molecule has 0 spiro atoms. The van der Waals surface area contributed by atoms with Crippen LogP contribution >= 0.6 is 11.6 Å². The average Bonchev–Trinajstić information content (AvgIpc) is 2.88. The number of aromatic nitrogens is 2. The van der Waals surface area contributed by atoms with E-state index in [0.717, 1.165) is 33.8 Å². The van der Waals surface area contributed by atoms with Crippen LogP contribution in [0, 0.1) is 27.7 Å². The van der Waals surface area contributed by atoms with E-state index in [1.54, 1.807) is 0 Å². The van der Waals surface area contributed by atoms with Gasteiger partial charge in [-0.3, -0.25) is 4.68 Å². The van der Waals surface area contributed by atoms with Gasteiger partial charge in [0.25, 0.3) is 0 Å². The molecule has 5 nitrogen and oxygen atoms in total. The van der Waals surface area contributed by atoms with Gasteiger partial charge < -0.3 is 10.6 Å². The minimum absolute atomic E-state index is 0.285. The lowest BCUT2D eigenvalue weighted by molar-refractivity contribution is 0.262. The van der Waals surface area contributed by atoms with Gasteiger partial charge in [-0.05, 0) is 56.5 Å². The van der Waals surface area contributed by atoms with Crippen LogP contribution in [0.15, 0.2) is 42.5 Å². The molecule has 0 aliphatic heterocycles. The Morgan fingerprint density at radius 2 is 1.78 bits per heavy atom. The number of anilines is 2. The fourth-order valence-corrected chi connectivity index (χ4v) is 3.17. The average molecular weight is 383 g/mol. The van der Waals surface area contributed by atoms with Crippen molar-refractivity contribution in [1.82, 2.24) is 9.78 Å². The number of aryl methyl sites for hydroxylation is 2. The summed E-state index contributed by atoms with van der Waals surface area (Å²) in [4.78, 5) is 12.5. The van der Waals surface area contributed by atoms with Crippen molar-refractivity contribution in [3.63, 3.8) is 0 Å². The standard InChI is InChI=1S/C21H23ClN4O/c1-13-8-7-11-19(14(13)2)23-21(27)24-20-15(3)25-26(16(20)4)12-17-9-5-6-10-18(17)22/h5-11H,12H2,1-4H3,(H2,23,24,27). The first kappa shape index (κ1) is 19.0. The van der Waals surface area contributed by atoms with Gasteiger partial charge >= 0.3 is 6.03 Å². The molecule has 1 aromatic heterocycles. The summed E-state index contributed by atoms with van der Waals surface area (Å²) < 4.78 is 1.85. The van der Waals surface area contributed by atoms with Gasteiger partial charge in [-0.1, -0.05) is 41.9 Å². The van der Waals surface area contributed by atoms with Crippen molar-refractivity contribution < 1.29 is 4.79 Å². The van der Waals surface area contributed by atoms with E-state index < -0.39 is 0 Å². The van der Waals surface area contributed by atoms with E-state index in [1.165, 1.54) is 0 Å². The molecule has 2 aromatic carbocycles. The van der Waals surface area contributed by atoms with Crippen LogP contribution in [0.4, 0.5) is 16.2 Å². The second-order valence-electron chi connectivity index (χ2n) is 6.62. The Bertz CT molecular complexity index is 994. The number of carbonyl (C=O) groups excluding carboxylic acids is 1. The van der Waals surface area contributed by atoms with E-state index in [9.17, 15) is 4.79 Å². The zero-order valence-electron chi connectivity index (χ0n) is 15.9. The molecule has 27 heavy (non-hydrogen) atoms. The third-order valence-electron chi connectivity index (χ3n) is 4.75. The van der Waals surface area contributed by atoms with E-state index in [2.05, 4.69) is 15.7 Å². The Kier molecular flexibility index (Phi) is 5.51. The summed E-state index contributed by atoms with van der Waals surface area (Å²) in [5.41, 5.74) is 6.31. The molecule has 0 saturated heterocycles. The highest BCUT2D eigenvalue weighted by Gasteiger charge is 2.15. The highest BCUT2D eigenvalue weighted by Crippen LogP contribution is 2.24. The summed E-state index contributed by atoms with van der Waals surface area (Å²) >= 11 is 6.25. The lowest BCUT2D eigenvalue weighted by atomic mass is 10.1. The third-order valence-corrected chi connectivity index (χ3v) is 5.12. The van der Waals surface area contributed by atoms with Crippen molar-refractivity contribution in [2.45, 2.75) is 34.2 Å². The number of amides is 2. The van der Waals surface area contributed by atoms with Gasteiger partial charge in [0, 0.05) is 10.7 Å². The van der Waals surface area contributed by atoms with Crippen LogP contribution in [-0.4, -0.2) is 15.8 Å². The molecule has 1 heterocycles. The fraction of sp³-hybridized carbons (Fsp3) is 0.238. The molecule has 140 valence electrons. The summed E-state index contributed by atoms with van der Waals surface area (Å²) in [6.45, 7) is 8.37. The minimum atomic E-state index is -0.285. The van der Waals surface area contributed by atoms with Gasteiger partial charge in [0.2, 0.25) is 0 Å². The highest BCUT2D eigenvalue weighted by molar-refractivity contribution is 6.31. The second kappa shape index (κ2) is 7.84. The molecule has 0 saturated carbocycles. The molecule has 0 aliphatic carbocycles. The van der Waals surface area contributed by atoms with Crippen LogP contribution in [0.5, 0.6) is 0 Å². The number of nitrogens with one attached hydrogen (secondary N) is 2. The van der Waals surface area contributed by atoms with E-state index in [1.807, 2.05) is 74.8 Å². The van der Waals surface area contributed by atoms with Crippen molar-refractivity contribution >= 4 is 29.0 Å². The minimum Gasteiger partial charge on any atom is -0.307 e. The molecule has 0 unspecified atom stereocenters. The molecule has 2 N–H and O–H groups in total. The molecule has 0 fully saturated rings. The lowest BCUT2D eigenvalue weighted by Crippen LogP contribution is -2.21. The molecule has 3 aromatic rings. The topological polar surface area (TPSA) is 59.0 Å². The largest absolute Gasteiger partial charge is 0.323 e. The van der Waals surface area contributed by atoms with Crippen molar-refractivity contribution in [2.24, 2.45) is 0 Å². The fourth-order valence-electron chi connectivity index (χ4n) is 2.97. The predicted molar refractivity (Wildman–Crippen MR) is 111 cm³/mol. The number of rotatable bonds is 4. The molecular weight excluding hydrogens is 360 g/mol. The van der Waals surface area contributed by atoms with Gasteiger partial charge in [-0.2, -0.15) is 5.10 Å². The Balaban J connectivity index is 1.77. The van der Waals surface area contributed by atoms with Gasteiger partial charge in [-0.15, -0.1) is 0 Å². The third kappa shape index (κ3) is 4.14. The monoisotopic (exact) mass is 382 g/mol. The Morgan fingerprint density at radius 1 is 1.04 bits per heavy atom. The van der Waals surface area contributed by atoms with E-state index in [-0.39, 0.29) is 6.03 Å². The molecule has 0 bridgehead atoms. The number of benzene rings is 2. The smallest absolute Gasteiger partial charge is 0.307 e. The van der Waals surface area contributed by atoms with E-state index >= 15 is 0 Å². The van der Waals surface area contributed by atoms with Crippen LogP contribution in [-0.2, 0) is 6.54 Å². The predicted octanol–water partition coefficient (Wildman–Crippen LogP) is 5.46. The number of hydrogen-bond acceptors (Lipinski definition) is 2. The number of urea groups is 1. The summed E-state index contributed by atoms with van der Waals surface area (Å²) in [7, 11) is 0. The van der Waals surface area contributed by atoms with Gasteiger partial charge in [0.1, 0.15) is 0 Å². The van der Waals surface area contributed by atoms with Crippen LogP contribution in [0.1, 0.15) is 28.1 Å². The number of carbonyl (C=O) groups is 1. The van der Waals surface area contributed by atoms with Gasteiger partial charge in [0.05, 0.1) is 23.6 Å². The van der Waals surface area contributed by atoms with Crippen molar-refractivity contribution in [1.29, 1.82) is 0 Å². The first-order valence-corrected chi connectivity index (χ1v) is 9.16. The highest BCUT2D eigenvalue weighted by atomic mass is 35.5. The quantitative estimate of drug-likeness (QED) is 0.629.